The third-order valence-electron chi connectivity index (χ3n) is 2.61. The molecule has 1 nitrogen and oxygen atoms in total. The highest BCUT2D eigenvalue weighted by atomic mass is 14.7. The summed E-state index contributed by atoms with van der Waals surface area (Å²) in [4.78, 5) is 4.69. The fourth-order valence-corrected chi connectivity index (χ4v) is 1.66. The second kappa shape index (κ2) is 3.34. The molecule has 0 fully saturated rings. The first-order chi connectivity index (χ1) is 6.97. The van der Waals surface area contributed by atoms with Crippen LogP contribution >= 0.6 is 0 Å². The Bertz CT molecular complexity index is 492. The molecular weight excluding hydrogens is 182 g/mol. The van der Waals surface area contributed by atoms with E-state index in [4.69, 9.17) is 0 Å². The maximum absolute atomic E-state index is 4.69. The molecule has 15 heavy (non-hydrogen) atoms. The minimum absolute atomic E-state index is 0.124. The zero-order valence-electron chi connectivity index (χ0n) is 9.83. The molecule has 0 amide bonds. The predicted molar refractivity (Wildman–Crippen MR) is 65.2 cm³/mol. The molecule has 1 heteroatoms. The molecule has 0 radical (unpaired) electrons. The van der Waals surface area contributed by atoms with Crippen molar-refractivity contribution in [3.8, 4) is 0 Å². The van der Waals surface area contributed by atoms with Crippen LogP contribution < -0.4 is 0 Å². The van der Waals surface area contributed by atoms with Gasteiger partial charge in [0.1, 0.15) is 0 Å². The molecular formula is C14H17N. The van der Waals surface area contributed by atoms with E-state index in [0.29, 0.717) is 0 Å². The summed E-state index contributed by atoms with van der Waals surface area (Å²) >= 11 is 0. The van der Waals surface area contributed by atoms with Gasteiger partial charge in [0.25, 0.3) is 0 Å². The lowest BCUT2D eigenvalue weighted by molar-refractivity contribution is 0.571. The molecule has 0 aliphatic rings. The van der Waals surface area contributed by atoms with E-state index in [0.717, 1.165) is 11.2 Å². The molecule has 0 N–H and O–H groups in total. The van der Waals surface area contributed by atoms with Crippen LogP contribution in [-0.2, 0) is 5.41 Å². The SMILES string of the molecule is Cc1ccc2nc(C(C)(C)C)ccc2c1. The van der Waals surface area contributed by atoms with E-state index in [2.05, 4.69) is 63.0 Å². The molecule has 0 atom stereocenters. The number of benzene rings is 1. The van der Waals surface area contributed by atoms with Gasteiger partial charge in [-0.3, -0.25) is 4.98 Å². The Kier molecular flexibility index (Phi) is 2.26. The summed E-state index contributed by atoms with van der Waals surface area (Å²) in [6.45, 7) is 8.68. The van der Waals surface area contributed by atoms with Crippen LogP contribution in [0.25, 0.3) is 10.9 Å². The first kappa shape index (κ1) is 10.2. The van der Waals surface area contributed by atoms with Crippen LogP contribution in [0.5, 0.6) is 0 Å². The number of hydrogen-bond acceptors (Lipinski definition) is 1. The number of nitrogens with zero attached hydrogens (tertiary/aromatic N) is 1. The monoisotopic (exact) mass is 199 g/mol. The van der Waals surface area contributed by atoms with Crippen molar-refractivity contribution in [1.29, 1.82) is 0 Å². The lowest BCUT2D eigenvalue weighted by Gasteiger charge is -2.17. The molecule has 0 bridgehead atoms. The van der Waals surface area contributed by atoms with Crippen molar-refractivity contribution in [2.75, 3.05) is 0 Å². The molecule has 1 heterocycles. The fourth-order valence-electron chi connectivity index (χ4n) is 1.66. The summed E-state index contributed by atoms with van der Waals surface area (Å²) in [5, 5.41) is 1.23. The van der Waals surface area contributed by atoms with Crippen LogP contribution in [0.2, 0.25) is 0 Å². The number of hydrogen-bond donors (Lipinski definition) is 0. The highest BCUT2D eigenvalue weighted by Crippen LogP contribution is 2.23. The smallest absolute Gasteiger partial charge is 0.0705 e. The Morgan fingerprint density at radius 2 is 1.73 bits per heavy atom. The van der Waals surface area contributed by atoms with Crippen molar-refractivity contribution < 1.29 is 0 Å². The molecule has 2 rings (SSSR count). The van der Waals surface area contributed by atoms with E-state index in [1.807, 2.05) is 0 Å². The van der Waals surface area contributed by atoms with Crippen LogP contribution in [0.1, 0.15) is 32.0 Å². The molecule has 1 aromatic carbocycles. The first-order valence-corrected chi connectivity index (χ1v) is 5.35. The van der Waals surface area contributed by atoms with Crippen LogP contribution in [0.3, 0.4) is 0 Å². The minimum Gasteiger partial charge on any atom is -0.252 e. The lowest BCUT2D eigenvalue weighted by atomic mass is 9.91. The standard InChI is InChI=1S/C14H17N/c1-10-5-7-12-11(9-10)6-8-13(15-12)14(2,3)4/h5-9H,1-4H3. The molecule has 0 aliphatic carbocycles. The van der Waals surface area contributed by atoms with Gasteiger partial charge in [0.05, 0.1) is 5.52 Å². The maximum atomic E-state index is 4.69. The zero-order valence-corrected chi connectivity index (χ0v) is 9.83. The number of aryl methyl sites for hydroxylation is 1. The summed E-state index contributed by atoms with van der Waals surface area (Å²) < 4.78 is 0. The van der Waals surface area contributed by atoms with Crippen molar-refractivity contribution in [2.24, 2.45) is 0 Å². The van der Waals surface area contributed by atoms with Crippen LogP contribution in [0.15, 0.2) is 30.3 Å². The van der Waals surface area contributed by atoms with Crippen molar-refractivity contribution in [1.82, 2.24) is 4.98 Å². The highest BCUT2D eigenvalue weighted by Gasteiger charge is 2.15. The molecule has 0 spiro atoms. The van der Waals surface area contributed by atoms with E-state index in [1.54, 1.807) is 0 Å². The maximum Gasteiger partial charge on any atom is 0.0705 e. The lowest BCUT2D eigenvalue weighted by Crippen LogP contribution is -2.13. The number of fused-ring (bicyclic) bond motifs is 1. The van der Waals surface area contributed by atoms with Gasteiger partial charge in [-0.05, 0) is 25.1 Å². The number of rotatable bonds is 0. The molecule has 1 aromatic heterocycles. The van der Waals surface area contributed by atoms with Crippen LogP contribution in [0, 0.1) is 6.92 Å². The van der Waals surface area contributed by atoms with E-state index in [9.17, 15) is 0 Å². The summed E-state index contributed by atoms with van der Waals surface area (Å²) in [5.41, 5.74) is 3.65. The van der Waals surface area contributed by atoms with Gasteiger partial charge in [-0.2, -0.15) is 0 Å². The molecule has 2 aromatic rings. The molecule has 0 saturated heterocycles. The van der Waals surface area contributed by atoms with E-state index < -0.39 is 0 Å². The van der Waals surface area contributed by atoms with Gasteiger partial charge in [0.2, 0.25) is 0 Å². The number of pyridine rings is 1. The molecule has 0 aliphatic heterocycles. The Labute approximate surface area is 91.2 Å². The zero-order chi connectivity index (χ0) is 11.1. The molecule has 78 valence electrons. The fraction of sp³-hybridized carbons (Fsp3) is 0.357. The van der Waals surface area contributed by atoms with Crippen LogP contribution in [-0.4, -0.2) is 4.98 Å². The second-order valence-electron chi connectivity index (χ2n) is 5.14. The average molecular weight is 199 g/mol. The highest BCUT2D eigenvalue weighted by molar-refractivity contribution is 5.79. The largest absolute Gasteiger partial charge is 0.252 e. The average Bonchev–Trinajstić information content (AvgIpc) is 2.15. The molecule has 0 saturated carbocycles. The van der Waals surface area contributed by atoms with Gasteiger partial charge in [0, 0.05) is 16.5 Å². The van der Waals surface area contributed by atoms with Crippen molar-refractivity contribution >= 4 is 10.9 Å². The Morgan fingerprint density at radius 1 is 1.00 bits per heavy atom. The quantitative estimate of drug-likeness (QED) is 0.628. The Morgan fingerprint density at radius 3 is 2.40 bits per heavy atom. The van der Waals surface area contributed by atoms with Gasteiger partial charge < -0.3 is 0 Å². The van der Waals surface area contributed by atoms with Gasteiger partial charge in [-0.15, -0.1) is 0 Å². The second-order valence-corrected chi connectivity index (χ2v) is 5.14. The van der Waals surface area contributed by atoms with E-state index in [1.165, 1.54) is 10.9 Å². The summed E-state index contributed by atoms with van der Waals surface area (Å²) in [5.74, 6) is 0. The van der Waals surface area contributed by atoms with Gasteiger partial charge >= 0.3 is 0 Å². The Balaban J connectivity index is 2.62. The third kappa shape index (κ3) is 2.01. The van der Waals surface area contributed by atoms with Crippen molar-refractivity contribution in [2.45, 2.75) is 33.1 Å². The third-order valence-corrected chi connectivity index (χ3v) is 2.61. The summed E-state index contributed by atoms with van der Waals surface area (Å²) in [6, 6.07) is 10.7. The summed E-state index contributed by atoms with van der Waals surface area (Å²) in [7, 11) is 0. The number of aromatic nitrogens is 1. The predicted octanol–water partition coefficient (Wildman–Crippen LogP) is 3.84. The normalized spacial score (nSPS) is 12.0. The van der Waals surface area contributed by atoms with Gasteiger partial charge in [0.15, 0.2) is 0 Å². The van der Waals surface area contributed by atoms with Gasteiger partial charge in [-0.25, -0.2) is 0 Å². The van der Waals surface area contributed by atoms with Gasteiger partial charge in [-0.1, -0.05) is 38.5 Å². The van der Waals surface area contributed by atoms with Crippen LogP contribution in [0.4, 0.5) is 0 Å². The molecule has 0 unspecified atom stereocenters. The Hall–Kier alpha value is -1.37. The minimum atomic E-state index is 0.124. The summed E-state index contributed by atoms with van der Waals surface area (Å²) in [6.07, 6.45) is 0. The van der Waals surface area contributed by atoms with E-state index in [-0.39, 0.29) is 5.41 Å². The van der Waals surface area contributed by atoms with E-state index >= 15 is 0 Å². The first-order valence-electron chi connectivity index (χ1n) is 5.35. The van der Waals surface area contributed by atoms with Crippen molar-refractivity contribution in [3.05, 3.63) is 41.6 Å². The topological polar surface area (TPSA) is 12.9 Å². The van der Waals surface area contributed by atoms with Crippen molar-refractivity contribution in [3.63, 3.8) is 0 Å².